The number of hydrogen-bond donors (Lipinski definition) is 3. The summed E-state index contributed by atoms with van der Waals surface area (Å²) in [6, 6.07) is 7.14. The zero-order valence-corrected chi connectivity index (χ0v) is 20.7. The van der Waals surface area contributed by atoms with Crippen molar-refractivity contribution in [3.05, 3.63) is 34.9 Å². The first kappa shape index (κ1) is 25.0. The van der Waals surface area contributed by atoms with Gasteiger partial charge in [-0.3, -0.25) is 9.59 Å². The molecule has 2 unspecified atom stereocenters. The number of hydrogen-bond acceptors (Lipinski definition) is 9. The van der Waals surface area contributed by atoms with Crippen molar-refractivity contribution in [1.82, 2.24) is 20.3 Å². The lowest BCUT2D eigenvalue weighted by Crippen LogP contribution is -2.41. The van der Waals surface area contributed by atoms with E-state index in [9.17, 15) is 9.59 Å². The van der Waals surface area contributed by atoms with E-state index in [0.717, 1.165) is 31.2 Å². The summed E-state index contributed by atoms with van der Waals surface area (Å²) < 4.78 is 5.24. The standard InChI is InChI=1S/C24H32ClN7O3/c1-2-35-21(34)17-9-7-13-32(15-17)24-30-22(27-14-16-8-3-4-10-18(16)25)29-23(31-24)28-19-11-5-6-12-26-20(19)33/h3-4,8,10,17,19H,2,5-7,9,11-15H2,1H3,(H,26,33)(H2,27,28,29,30,31). The number of amides is 1. The molecule has 2 fully saturated rings. The summed E-state index contributed by atoms with van der Waals surface area (Å²) in [5, 5.41) is 10.0. The van der Waals surface area contributed by atoms with Gasteiger partial charge in [-0.1, -0.05) is 29.8 Å². The largest absolute Gasteiger partial charge is 0.466 e. The molecular formula is C24H32ClN7O3. The Morgan fingerprint density at radius 3 is 2.83 bits per heavy atom. The van der Waals surface area contributed by atoms with Crippen molar-refractivity contribution in [2.24, 2.45) is 5.92 Å². The van der Waals surface area contributed by atoms with Crippen molar-refractivity contribution >= 4 is 41.3 Å². The lowest BCUT2D eigenvalue weighted by molar-refractivity contribution is -0.148. The quantitative estimate of drug-likeness (QED) is 0.468. The second-order valence-corrected chi connectivity index (χ2v) is 9.16. The number of nitrogens with one attached hydrogen (secondary N) is 3. The fourth-order valence-electron chi connectivity index (χ4n) is 4.31. The summed E-state index contributed by atoms with van der Waals surface area (Å²) in [5.74, 6) is 0.644. The molecule has 2 atom stereocenters. The SMILES string of the molecule is CCOC(=O)C1CCCN(c2nc(NCc3ccccc3Cl)nc(NC3CCCCNC3=O)n2)C1. The first-order chi connectivity index (χ1) is 17.0. The molecule has 0 spiro atoms. The number of rotatable bonds is 8. The van der Waals surface area contributed by atoms with Gasteiger partial charge in [0, 0.05) is 31.2 Å². The number of esters is 1. The van der Waals surface area contributed by atoms with Gasteiger partial charge in [0.1, 0.15) is 6.04 Å². The molecule has 35 heavy (non-hydrogen) atoms. The van der Waals surface area contributed by atoms with Crippen LogP contribution in [0.15, 0.2) is 24.3 Å². The van der Waals surface area contributed by atoms with Crippen LogP contribution in [0.25, 0.3) is 0 Å². The Balaban J connectivity index is 1.57. The second-order valence-electron chi connectivity index (χ2n) is 8.75. The average molecular weight is 502 g/mol. The summed E-state index contributed by atoms with van der Waals surface area (Å²) in [7, 11) is 0. The van der Waals surface area contributed by atoms with Crippen LogP contribution in [0.1, 0.15) is 44.6 Å². The van der Waals surface area contributed by atoms with Gasteiger partial charge >= 0.3 is 5.97 Å². The van der Waals surface area contributed by atoms with Gasteiger partial charge in [-0.25, -0.2) is 0 Å². The van der Waals surface area contributed by atoms with E-state index in [0.29, 0.717) is 62.1 Å². The monoisotopic (exact) mass is 501 g/mol. The van der Waals surface area contributed by atoms with Crippen LogP contribution in [0.4, 0.5) is 17.8 Å². The van der Waals surface area contributed by atoms with Gasteiger partial charge in [-0.05, 0) is 50.7 Å². The van der Waals surface area contributed by atoms with E-state index in [2.05, 4.69) is 30.9 Å². The maximum atomic E-state index is 12.5. The van der Waals surface area contributed by atoms with E-state index in [1.807, 2.05) is 36.1 Å². The summed E-state index contributed by atoms with van der Waals surface area (Å²) >= 11 is 6.30. The normalized spacial score (nSPS) is 20.5. The zero-order chi connectivity index (χ0) is 24.6. The number of anilines is 3. The Kier molecular flexibility index (Phi) is 8.57. The molecule has 3 N–H and O–H groups in total. The minimum atomic E-state index is -0.419. The van der Waals surface area contributed by atoms with Crippen molar-refractivity contribution in [1.29, 1.82) is 0 Å². The van der Waals surface area contributed by atoms with E-state index in [4.69, 9.17) is 16.3 Å². The molecule has 0 saturated carbocycles. The predicted molar refractivity (Wildman–Crippen MR) is 134 cm³/mol. The third kappa shape index (κ3) is 6.72. The van der Waals surface area contributed by atoms with Gasteiger partial charge in [0.15, 0.2) is 0 Å². The molecule has 2 aromatic rings. The van der Waals surface area contributed by atoms with E-state index < -0.39 is 6.04 Å². The highest BCUT2D eigenvalue weighted by Crippen LogP contribution is 2.24. The maximum absolute atomic E-state index is 12.5. The Labute approximate surface area is 210 Å². The first-order valence-electron chi connectivity index (χ1n) is 12.2. The summed E-state index contributed by atoms with van der Waals surface area (Å²) in [5.41, 5.74) is 0.911. The number of piperidine rings is 1. The molecule has 3 heterocycles. The highest BCUT2D eigenvalue weighted by atomic mass is 35.5. The summed E-state index contributed by atoms with van der Waals surface area (Å²) in [6.45, 7) is 4.45. The minimum absolute atomic E-state index is 0.0598. The van der Waals surface area contributed by atoms with Crippen LogP contribution >= 0.6 is 11.6 Å². The van der Waals surface area contributed by atoms with Crippen molar-refractivity contribution in [3.63, 3.8) is 0 Å². The topological polar surface area (TPSA) is 121 Å². The Hall–Kier alpha value is -3.14. The molecule has 4 rings (SSSR count). The van der Waals surface area contributed by atoms with Gasteiger partial charge < -0.3 is 25.6 Å². The van der Waals surface area contributed by atoms with Gasteiger partial charge in [0.25, 0.3) is 0 Å². The van der Waals surface area contributed by atoms with E-state index in [1.165, 1.54) is 0 Å². The lowest BCUT2D eigenvalue weighted by Gasteiger charge is -2.31. The van der Waals surface area contributed by atoms with Gasteiger partial charge in [-0.15, -0.1) is 0 Å². The van der Waals surface area contributed by atoms with Crippen LogP contribution in [0.5, 0.6) is 0 Å². The number of ether oxygens (including phenoxy) is 1. The molecule has 1 aromatic heterocycles. The van der Waals surface area contributed by atoms with Gasteiger partial charge in [0.05, 0.1) is 12.5 Å². The molecule has 2 aliphatic rings. The molecule has 188 valence electrons. The van der Waals surface area contributed by atoms with Crippen molar-refractivity contribution < 1.29 is 14.3 Å². The fraction of sp³-hybridized carbons (Fsp3) is 0.542. The van der Waals surface area contributed by atoms with Crippen molar-refractivity contribution in [2.75, 3.05) is 41.8 Å². The minimum Gasteiger partial charge on any atom is -0.466 e. The van der Waals surface area contributed by atoms with Crippen LogP contribution in [0, 0.1) is 5.92 Å². The Morgan fingerprint density at radius 1 is 1.17 bits per heavy atom. The van der Waals surface area contributed by atoms with E-state index in [-0.39, 0.29) is 17.8 Å². The summed E-state index contributed by atoms with van der Waals surface area (Å²) in [6.07, 6.45) is 4.17. The van der Waals surface area contributed by atoms with Crippen LogP contribution in [0.3, 0.4) is 0 Å². The van der Waals surface area contributed by atoms with Crippen molar-refractivity contribution in [2.45, 2.75) is 51.6 Å². The molecule has 0 aliphatic carbocycles. The van der Waals surface area contributed by atoms with E-state index >= 15 is 0 Å². The molecule has 2 saturated heterocycles. The summed E-state index contributed by atoms with van der Waals surface area (Å²) in [4.78, 5) is 40.6. The highest BCUT2D eigenvalue weighted by molar-refractivity contribution is 6.31. The highest BCUT2D eigenvalue weighted by Gasteiger charge is 2.29. The predicted octanol–water partition coefficient (Wildman–Crippen LogP) is 3.00. The third-order valence-corrected chi connectivity index (χ3v) is 6.55. The number of aromatic nitrogens is 3. The number of carbonyl (C=O) groups excluding carboxylic acids is 2. The van der Waals surface area contributed by atoms with Gasteiger partial charge in [-0.2, -0.15) is 15.0 Å². The van der Waals surface area contributed by atoms with Crippen molar-refractivity contribution in [3.8, 4) is 0 Å². The molecule has 10 nitrogen and oxygen atoms in total. The third-order valence-electron chi connectivity index (χ3n) is 6.18. The Morgan fingerprint density at radius 2 is 2.00 bits per heavy atom. The number of nitrogens with zero attached hydrogens (tertiary/aromatic N) is 4. The van der Waals surface area contributed by atoms with Crippen LogP contribution in [-0.2, 0) is 20.9 Å². The second kappa shape index (κ2) is 12.0. The number of halogens is 1. The number of benzene rings is 1. The molecular weight excluding hydrogens is 470 g/mol. The molecule has 0 bridgehead atoms. The average Bonchev–Trinajstić information content (AvgIpc) is 3.07. The molecule has 2 aliphatic heterocycles. The van der Waals surface area contributed by atoms with Gasteiger partial charge in [0.2, 0.25) is 23.8 Å². The fourth-order valence-corrected chi connectivity index (χ4v) is 4.51. The number of carbonyl (C=O) groups is 2. The molecule has 1 amide bonds. The maximum Gasteiger partial charge on any atom is 0.310 e. The van der Waals surface area contributed by atoms with Crippen LogP contribution < -0.4 is 20.9 Å². The van der Waals surface area contributed by atoms with Crippen LogP contribution in [-0.4, -0.2) is 59.1 Å². The molecule has 1 aromatic carbocycles. The Bertz CT molecular complexity index is 1040. The lowest BCUT2D eigenvalue weighted by atomic mass is 9.98. The molecule has 0 radical (unpaired) electrons. The molecule has 11 heteroatoms. The smallest absolute Gasteiger partial charge is 0.310 e. The van der Waals surface area contributed by atoms with E-state index in [1.54, 1.807) is 0 Å². The zero-order valence-electron chi connectivity index (χ0n) is 19.9. The first-order valence-corrected chi connectivity index (χ1v) is 12.6. The van der Waals surface area contributed by atoms with Crippen LogP contribution in [0.2, 0.25) is 5.02 Å².